The largest absolute Gasteiger partial charge is 0.481 e. The zero-order valence-electron chi connectivity index (χ0n) is 18.3. The fourth-order valence-electron chi connectivity index (χ4n) is 3.36. The van der Waals surface area contributed by atoms with Crippen LogP contribution in [0.4, 0.5) is 0 Å². The molecule has 4 heteroatoms. The first-order chi connectivity index (χ1) is 13.0. The van der Waals surface area contributed by atoms with Crippen LogP contribution in [0.5, 0.6) is 0 Å². The molecular weight excluding hydrogens is 352 g/mol. The minimum Gasteiger partial charge on any atom is -0.481 e. The van der Waals surface area contributed by atoms with E-state index in [9.17, 15) is 9.59 Å². The summed E-state index contributed by atoms with van der Waals surface area (Å²) >= 11 is 0. The van der Waals surface area contributed by atoms with E-state index >= 15 is 0 Å². The highest BCUT2D eigenvalue weighted by molar-refractivity contribution is 5.73. The molecule has 0 aliphatic carbocycles. The van der Waals surface area contributed by atoms with Crippen molar-refractivity contribution in [2.45, 2.75) is 92.4 Å². The Kier molecular flexibility index (Phi) is 9.19. The van der Waals surface area contributed by atoms with E-state index < -0.39 is 22.8 Å². The first kappa shape index (κ1) is 24.2. The van der Waals surface area contributed by atoms with Crippen molar-refractivity contribution in [3.63, 3.8) is 0 Å². The van der Waals surface area contributed by atoms with Gasteiger partial charge in [-0.2, -0.15) is 0 Å². The number of benzene rings is 1. The van der Waals surface area contributed by atoms with Crippen LogP contribution in [0.3, 0.4) is 0 Å². The van der Waals surface area contributed by atoms with E-state index in [-0.39, 0.29) is 0 Å². The fraction of sp³-hybridized carbons (Fsp3) is 0.667. The molecule has 0 saturated heterocycles. The van der Waals surface area contributed by atoms with Gasteiger partial charge in [-0.1, -0.05) is 37.5 Å². The molecule has 1 rings (SSSR count). The number of carboxylic acid groups (broad SMARTS) is 2. The Bertz CT molecular complexity index is 659. The second-order valence-corrected chi connectivity index (χ2v) is 9.41. The second kappa shape index (κ2) is 10.6. The molecule has 0 aliphatic heterocycles. The number of aliphatic carboxylic acids is 2. The lowest BCUT2D eigenvalue weighted by molar-refractivity contribution is -0.148. The molecule has 1 aromatic rings. The zero-order chi connectivity index (χ0) is 21.4. The Morgan fingerprint density at radius 2 is 1.29 bits per heavy atom. The first-order valence-electron chi connectivity index (χ1n) is 10.5. The maximum Gasteiger partial charge on any atom is 0.309 e. The molecule has 0 heterocycles. The molecule has 0 saturated carbocycles. The fourth-order valence-corrected chi connectivity index (χ4v) is 3.36. The highest BCUT2D eigenvalue weighted by atomic mass is 16.4. The van der Waals surface area contributed by atoms with Gasteiger partial charge >= 0.3 is 11.9 Å². The number of aryl methyl sites for hydroxylation is 3. The van der Waals surface area contributed by atoms with Gasteiger partial charge in [-0.15, -0.1) is 0 Å². The van der Waals surface area contributed by atoms with Gasteiger partial charge in [-0.05, 0) is 89.8 Å². The summed E-state index contributed by atoms with van der Waals surface area (Å²) in [6.07, 6.45) is 8.46. The normalized spacial score (nSPS) is 12.2. The van der Waals surface area contributed by atoms with Gasteiger partial charge in [-0.25, -0.2) is 0 Å². The maximum atomic E-state index is 11.1. The Labute approximate surface area is 170 Å². The van der Waals surface area contributed by atoms with Crippen molar-refractivity contribution < 1.29 is 19.8 Å². The predicted molar refractivity (Wildman–Crippen MR) is 114 cm³/mol. The van der Waals surface area contributed by atoms with Gasteiger partial charge in [0.15, 0.2) is 0 Å². The van der Waals surface area contributed by atoms with Gasteiger partial charge in [0.1, 0.15) is 0 Å². The molecule has 28 heavy (non-hydrogen) atoms. The van der Waals surface area contributed by atoms with E-state index in [2.05, 4.69) is 25.1 Å². The third-order valence-corrected chi connectivity index (χ3v) is 5.83. The summed E-state index contributed by atoms with van der Waals surface area (Å²) in [5.74, 6) is -1.44. The molecule has 0 amide bonds. The number of hydrogen-bond donors (Lipinski definition) is 2. The lowest BCUT2D eigenvalue weighted by Crippen LogP contribution is -2.23. The highest BCUT2D eigenvalue weighted by Gasteiger charge is 2.26. The molecule has 158 valence electrons. The van der Waals surface area contributed by atoms with Crippen LogP contribution >= 0.6 is 0 Å². The summed E-state index contributed by atoms with van der Waals surface area (Å²) in [6.45, 7) is 9.31. The van der Waals surface area contributed by atoms with Crippen LogP contribution in [0.2, 0.25) is 0 Å². The number of hydrogen-bond acceptors (Lipinski definition) is 2. The van der Waals surface area contributed by atoms with Gasteiger partial charge < -0.3 is 10.2 Å². The third kappa shape index (κ3) is 8.04. The SMILES string of the molecule is Cc1cc(CCCCC(C)(C)C(=O)O)ccc1CCCCCC(C)(C)C(=O)O. The number of carboxylic acids is 2. The average Bonchev–Trinajstić information content (AvgIpc) is 2.59. The van der Waals surface area contributed by atoms with E-state index in [0.29, 0.717) is 6.42 Å². The van der Waals surface area contributed by atoms with Gasteiger partial charge in [-0.3, -0.25) is 9.59 Å². The zero-order valence-corrected chi connectivity index (χ0v) is 18.3. The summed E-state index contributed by atoms with van der Waals surface area (Å²) < 4.78 is 0. The first-order valence-corrected chi connectivity index (χ1v) is 10.5. The Morgan fingerprint density at radius 1 is 0.786 bits per heavy atom. The Hall–Kier alpha value is -1.84. The van der Waals surface area contributed by atoms with E-state index in [0.717, 1.165) is 51.4 Å². The summed E-state index contributed by atoms with van der Waals surface area (Å²) in [4.78, 5) is 22.3. The molecule has 0 unspecified atom stereocenters. The molecule has 2 N–H and O–H groups in total. The molecule has 4 nitrogen and oxygen atoms in total. The highest BCUT2D eigenvalue weighted by Crippen LogP contribution is 2.25. The van der Waals surface area contributed by atoms with E-state index in [1.54, 1.807) is 27.7 Å². The predicted octanol–water partition coefficient (Wildman–Crippen LogP) is 6.03. The van der Waals surface area contributed by atoms with Gasteiger partial charge in [0.25, 0.3) is 0 Å². The van der Waals surface area contributed by atoms with Crippen molar-refractivity contribution >= 4 is 11.9 Å². The minimum atomic E-state index is -0.723. The van der Waals surface area contributed by atoms with Crippen molar-refractivity contribution in [1.82, 2.24) is 0 Å². The number of unbranched alkanes of at least 4 members (excludes halogenated alkanes) is 3. The van der Waals surface area contributed by atoms with Gasteiger partial charge in [0, 0.05) is 0 Å². The topological polar surface area (TPSA) is 74.6 Å². The quantitative estimate of drug-likeness (QED) is 0.403. The van der Waals surface area contributed by atoms with Crippen LogP contribution in [-0.2, 0) is 22.4 Å². The molecule has 0 aliphatic rings. The van der Waals surface area contributed by atoms with Crippen LogP contribution in [-0.4, -0.2) is 22.2 Å². The average molecular weight is 391 g/mol. The minimum absolute atomic E-state index is 0.628. The van der Waals surface area contributed by atoms with Crippen molar-refractivity contribution in [3.8, 4) is 0 Å². The molecule has 0 spiro atoms. The summed E-state index contributed by atoms with van der Waals surface area (Å²) in [5, 5.41) is 18.3. The van der Waals surface area contributed by atoms with Crippen LogP contribution in [0.15, 0.2) is 18.2 Å². The van der Waals surface area contributed by atoms with Crippen LogP contribution in [0, 0.1) is 17.8 Å². The lowest BCUT2D eigenvalue weighted by atomic mass is 9.86. The monoisotopic (exact) mass is 390 g/mol. The summed E-state index contributed by atoms with van der Waals surface area (Å²) in [5.41, 5.74) is 2.73. The van der Waals surface area contributed by atoms with Crippen LogP contribution < -0.4 is 0 Å². The third-order valence-electron chi connectivity index (χ3n) is 5.83. The molecule has 1 aromatic carbocycles. The number of carbonyl (C=O) groups is 2. The van der Waals surface area contributed by atoms with E-state index in [1.807, 2.05) is 0 Å². The second-order valence-electron chi connectivity index (χ2n) is 9.41. The standard InChI is InChI=1S/C24H38O4/c1-18-17-19(11-8-10-16-24(4,5)22(27)28)13-14-20(18)12-7-6-9-15-23(2,3)21(25)26/h13-14,17H,6-12,15-16H2,1-5H3,(H,25,26)(H,27,28). The van der Waals surface area contributed by atoms with Crippen molar-refractivity contribution in [2.24, 2.45) is 10.8 Å². The molecular formula is C24H38O4. The summed E-state index contributed by atoms with van der Waals surface area (Å²) in [6, 6.07) is 6.66. The van der Waals surface area contributed by atoms with Crippen molar-refractivity contribution in [1.29, 1.82) is 0 Å². The van der Waals surface area contributed by atoms with Gasteiger partial charge in [0.2, 0.25) is 0 Å². The Morgan fingerprint density at radius 3 is 1.79 bits per heavy atom. The molecule has 0 aromatic heterocycles. The van der Waals surface area contributed by atoms with E-state index in [4.69, 9.17) is 10.2 Å². The maximum absolute atomic E-state index is 11.1. The van der Waals surface area contributed by atoms with Crippen LogP contribution in [0.1, 0.15) is 89.3 Å². The summed E-state index contributed by atoms with van der Waals surface area (Å²) in [7, 11) is 0. The Balaban J connectivity index is 2.36. The molecule has 0 fully saturated rings. The molecule has 0 atom stereocenters. The molecule has 0 radical (unpaired) electrons. The van der Waals surface area contributed by atoms with Crippen molar-refractivity contribution in [3.05, 3.63) is 34.9 Å². The van der Waals surface area contributed by atoms with E-state index in [1.165, 1.54) is 16.7 Å². The van der Waals surface area contributed by atoms with Gasteiger partial charge in [0.05, 0.1) is 10.8 Å². The lowest BCUT2D eigenvalue weighted by Gasteiger charge is -2.18. The smallest absolute Gasteiger partial charge is 0.309 e. The van der Waals surface area contributed by atoms with Crippen molar-refractivity contribution in [2.75, 3.05) is 0 Å². The number of rotatable bonds is 13. The molecule has 0 bridgehead atoms. The van der Waals surface area contributed by atoms with Crippen LogP contribution in [0.25, 0.3) is 0 Å².